The Labute approximate surface area is 239 Å². The van der Waals surface area contributed by atoms with E-state index in [-0.39, 0.29) is 28.4 Å². The van der Waals surface area contributed by atoms with Gasteiger partial charge in [0.2, 0.25) is 0 Å². The first-order valence-electron chi connectivity index (χ1n) is 12.3. The Bertz CT molecular complexity index is 1920. The second-order valence-electron chi connectivity index (χ2n) is 9.10. The minimum atomic E-state index is -4.04. The lowest BCUT2D eigenvalue weighted by molar-refractivity contribution is 0.358. The molecule has 0 fully saturated rings. The van der Waals surface area contributed by atoms with E-state index in [1.165, 1.54) is 82.2 Å². The normalized spacial score (nSPS) is 11.7. The molecule has 0 bridgehead atoms. The number of fused-ring (bicyclic) bond motifs is 1. The smallest absolute Gasteiger partial charge is 0.308 e. The maximum atomic E-state index is 15.9. The molecule has 0 amide bonds. The van der Waals surface area contributed by atoms with Crippen LogP contribution in [0.3, 0.4) is 0 Å². The minimum Gasteiger partial charge on any atom is -0.493 e. The van der Waals surface area contributed by atoms with Crippen LogP contribution in [0.2, 0.25) is 0 Å². The number of rotatable bonds is 9. The zero-order valence-electron chi connectivity index (χ0n) is 22.9. The molecule has 0 aliphatic heterocycles. The number of aromatic nitrogens is 5. The Morgan fingerprint density at radius 2 is 1.60 bits per heavy atom. The first-order chi connectivity index (χ1) is 20.1. The van der Waals surface area contributed by atoms with Gasteiger partial charge in [-0.2, -0.15) is 12.7 Å². The number of benzene rings is 2. The van der Waals surface area contributed by atoms with Crippen LogP contribution in [0, 0.1) is 11.6 Å². The van der Waals surface area contributed by atoms with Gasteiger partial charge in [0, 0.05) is 50.6 Å². The molecule has 0 spiro atoms. The number of methoxy groups -OCH3 is 2. The summed E-state index contributed by atoms with van der Waals surface area (Å²) < 4.78 is 71.1. The lowest BCUT2D eigenvalue weighted by Crippen LogP contribution is -2.31. The third-order valence-corrected chi connectivity index (χ3v) is 8.26. The second kappa shape index (κ2) is 11.2. The maximum absolute atomic E-state index is 15.9. The predicted octanol–water partition coefficient (Wildman–Crippen LogP) is 3.27. The fraction of sp³-hybridized carbons (Fsp3) is 0.185. The van der Waals surface area contributed by atoms with E-state index in [4.69, 9.17) is 9.47 Å². The van der Waals surface area contributed by atoms with E-state index < -0.39 is 39.6 Å². The van der Waals surface area contributed by atoms with Crippen molar-refractivity contribution in [3.8, 4) is 17.2 Å². The number of nitrogens with zero attached hydrogens (tertiary/aromatic N) is 7. The largest absolute Gasteiger partial charge is 0.493 e. The van der Waals surface area contributed by atoms with Gasteiger partial charge in [-0.3, -0.25) is 14.3 Å². The highest BCUT2D eigenvalue weighted by atomic mass is 32.2. The van der Waals surface area contributed by atoms with Crippen LogP contribution in [0.1, 0.15) is 5.82 Å². The summed E-state index contributed by atoms with van der Waals surface area (Å²) in [5, 5.41) is 0.136. The standard InChI is InChI=1S/C27H25F2N7O5S/c1-33(2)42(38,39)36-12-11-31-23(36)15-34(26-24(28)21(40-3)14-22(41-4)25(26)29)18-5-6-20-19(13-18)27(37)35(16-32-20)17-7-9-30-10-8-17/h5-14,16H,15H2,1-4H3. The summed E-state index contributed by atoms with van der Waals surface area (Å²) in [6.07, 6.45) is 6.89. The quantitative estimate of drug-likeness (QED) is 0.252. The van der Waals surface area contributed by atoms with Gasteiger partial charge in [0.15, 0.2) is 23.1 Å². The van der Waals surface area contributed by atoms with Gasteiger partial charge < -0.3 is 14.4 Å². The molecule has 0 saturated carbocycles. The van der Waals surface area contributed by atoms with E-state index >= 15 is 8.78 Å². The molecule has 0 unspecified atom stereocenters. The SMILES string of the molecule is COc1cc(OC)c(F)c(N(Cc2nccn2S(=O)(=O)N(C)C)c2ccc3ncn(-c4ccncc4)c(=O)c3c2)c1F. The molecule has 2 aromatic carbocycles. The number of hydrogen-bond donors (Lipinski definition) is 0. The lowest BCUT2D eigenvalue weighted by Gasteiger charge is -2.27. The van der Waals surface area contributed by atoms with Gasteiger partial charge in [0.1, 0.15) is 17.8 Å². The molecule has 0 saturated heterocycles. The summed E-state index contributed by atoms with van der Waals surface area (Å²) in [6, 6.07) is 8.76. The molecular formula is C27H25F2N7O5S. The first-order valence-corrected chi connectivity index (χ1v) is 13.7. The number of hydrogen-bond acceptors (Lipinski definition) is 9. The molecular weight excluding hydrogens is 572 g/mol. The monoisotopic (exact) mass is 597 g/mol. The Balaban J connectivity index is 1.76. The van der Waals surface area contributed by atoms with Crippen molar-refractivity contribution in [3.63, 3.8) is 0 Å². The van der Waals surface area contributed by atoms with Crippen LogP contribution in [0.5, 0.6) is 11.5 Å². The molecule has 0 N–H and O–H groups in total. The van der Waals surface area contributed by atoms with Crippen molar-refractivity contribution < 1.29 is 26.7 Å². The van der Waals surface area contributed by atoms with E-state index in [1.807, 2.05) is 0 Å². The van der Waals surface area contributed by atoms with Crippen molar-refractivity contribution in [2.24, 2.45) is 0 Å². The van der Waals surface area contributed by atoms with Crippen molar-refractivity contribution in [3.05, 3.63) is 95.3 Å². The minimum absolute atomic E-state index is 0.0650. The Hall–Kier alpha value is -4.89. The van der Waals surface area contributed by atoms with Crippen molar-refractivity contribution in [2.45, 2.75) is 6.54 Å². The van der Waals surface area contributed by atoms with Crippen LogP contribution in [0.15, 0.2) is 72.3 Å². The molecule has 15 heteroatoms. The van der Waals surface area contributed by atoms with Crippen LogP contribution < -0.4 is 19.9 Å². The van der Waals surface area contributed by atoms with Gasteiger partial charge in [0.25, 0.3) is 5.56 Å². The zero-order chi connectivity index (χ0) is 30.2. The van der Waals surface area contributed by atoms with Crippen LogP contribution in [-0.4, -0.2) is 64.5 Å². The van der Waals surface area contributed by atoms with Crippen molar-refractivity contribution in [1.82, 2.24) is 27.8 Å². The lowest BCUT2D eigenvalue weighted by atomic mass is 10.1. The average molecular weight is 598 g/mol. The Kier molecular flexibility index (Phi) is 7.62. The highest BCUT2D eigenvalue weighted by Gasteiger charge is 2.29. The second-order valence-corrected chi connectivity index (χ2v) is 11.1. The van der Waals surface area contributed by atoms with E-state index in [0.29, 0.717) is 11.2 Å². The number of anilines is 2. The topological polar surface area (TPSA) is 125 Å². The number of pyridine rings is 1. The number of halogens is 2. The average Bonchev–Trinajstić information content (AvgIpc) is 3.46. The van der Waals surface area contributed by atoms with Gasteiger partial charge >= 0.3 is 10.2 Å². The molecule has 42 heavy (non-hydrogen) atoms. The van der Waals surface area contributed by atoms with Crippen LogP contribution in [0.25, 0.3) is 16.6 Å². The molecule has 0 aliphatic carbocycles. The van der Waals surface area contributed by atoms with Gasteiger partial charge in [-0.1, -0.05) is 0 Å². The fourth-order valence-corrected chi connectivity index (χ4v) is 5.27. The van der Waals surface area contributed by atoms with E-state index in [2.05, 4.69) is 15.0 Å². The summed E-state index contributed by atoms with van der Waals surface area (Å²) in [6.45, 7) is -0.436. The molecule has 218 valence electrons. The third-order valence-electron chi connectivity index (χ3n) is 6.50. The molecule has 0 radical (unpaired) electrons. The van der Waals surface area contributed by atoms with Crippen molar-refractivity contribution >= 4 is 32.5 Å². The highest BCUT2D eigenvalue weighted by Crippen LogP contribution is 2.41. The fourth-order valence-electron chi connectivity index (χ4n) is 4.34. The summed E-state index contributed by atoms with van der Waals surface area (Å²) >= 11 is 0. The van der Waals surface area contributed by atoms with Crippen LogP contribution in [0.4, 0.5) is 20.2 Å². The number of imidazole rings is 1. The van der Waals surface area contributed by atoms with Gasteiger partial charge in [-0.25, -0.2) is 22.7 Å². The summed E-state index contributed by atoms with van der Waals surface area (Å²) in [5.41, 5.74) is -0.0830. The number of ether oxygens (including phenoxy) is 2. The Morgan fingerprint density at radius 1 is 0.929 bits per heavy atom. The van der Waals surface area contributed by atoms with Crippen LogP contribution >= 0.6 is 0 Å². The van der Waals surface area contributed by atoms with E-state index in [1.54, 1.807) is 12.1 Å². The zero-order valence-corrected chi connectivity index (χ0v) is 23.7. The Morgan fingerprint density at radius 3 is 2.21 bits per heavy atom. The molecule has 0 aliphatic rings. The molecule has 0 atom stereocenters. The third kappa shape index (κ3) is 4.92. The summed E-state index contributed by atoms with van der Waals surface area (Å²) in [7, 11) is 1.06. The van der Waals surface area contributed by atoms with Gasteiger partial charge in [0.05, 0.1) is 37.4 Å². The first kappa shape index (κ1) is 28.6. The van der Waals surface area contributed by atoms with Crippen LogP contribution in [-0.2, 0) is 16.8 Å². The molecule has 12 nitrogen and oxygen atoms in total. The molecule has 3 aromatic heterocycles. The van der Waals surface area contributed by atoms with E-state index in [0.717, 1.165) is 19.2 Å². The molecule has 5 rings (SSSR count). The van der Waals surface area contributed by atoms with Gasteiger partial charge in [-0.15, -0.1) is 0 Å². The predicted molar refractivity (Wildman–Crippen MR) is 151 cm³/mol. The van der Waals surface area contributed by atoms with Crippen molar-refractivity contribution in [2.75, 3.05) is 33.2 Å². The van der Waals surface area contributed by atoms with Gasteiger partial charge in [-0.05, 0) is 30.3 Å². The van der Waals surface area contributed by atoms with E-state index in [9.17, 15) is 13.2 Å². The summed E-state index contributed by atoms with van der Waals surface area (Å²) in [4.78, 5) is 27.2. The highest BCUT2D eigenvalue weighted by molar-refractivity contribution is 7.87. The molecule has 5 aromatic rings. The molecule has 3 heterocycles. The maximum Gasteiger partial charge on any atom is 0.308 e. The van der Waals surface area contributed by atoms with Crippen molar-refractivity contribution in [1.29, 1.82) is 0 Å². The summed E-state index contributed by atoms with van der Waals surface area (Å²) in [5.74, 6) is -2.86.